The van der Waals surface area contributed by atoms with Gasteiger partial charge in [0.05, 0.1) is 23.5 Å². The molecule has 244 valence electrons. The van der Waals surface area contributed by atoms with E-state index in [-0.39, 0.29) is 24.2 Å². The van der Waals surface area contributed by atoms with Gasteiger partial charge in [0.25, 0.3) is 0 Å². The number of hydrogen-bond donors (Lipinski definition) is 2. The van der Waals surface area contributed by atoms with Crippen molar-refractivity contribution in [1.82, 2.24) is 15.2 Å². The Balaban J connectivity index is 1.01. The number of hydrogen-bond acceptors (Lipinski definition) is 4. The van der Waals surface area contributed by atoms with Crippen LogP contribution in [0.1, 0.15) is 39.9 Å². The van der Waals surface area contributed by atoms with Crippen LogP contribution in [0.4, 0.5) is 5.69 Å². The largest absolute Gasteiger partial charge is 0.456 e. The maximum atomic E-state index is 6.16. The Morgan fingerprint density at radius 3 is 2.35 bits per heavy atom. The van der Waals surface area contributed by atoms with Crippen LogP contribution in [0.3, 0.4) is 0 Å². The smallest absolute Gasteiger partial charge is 0.135 e. The first kappa shape index (κ1) is 28.4. The molecular weight excluding hydrogens is 625 g/mol. The number of nitrogens with zero attached hydrogens (tertiary/aromatic N) is 2. The molecule has 3 aliphatic heterocycles. The lowest BCUT2D eigenvalue weighted by Crippen LogP contribution is -2.49. The quantitative estimate of drug-likeness (QED) is 0.198. The zero-order chi connectivity index (χ0) is 33.5. The van der Waals surface area contributed by atoms with Gasteiger partial charge in [0.1, 0.15) is 23.2 Å². The molecule has 4 unspecified atom stereocenters. The van der Waals surface area contributed by atoms with E-state index in [0.717, 1.165) is 33.5 Å². The van der Waals surface area contributed by atoms with Crippen molar-refractivity contribution in [3.63, 3.8) is 0 Å². The molecule has 0 bridgehead atoms. The lowest BCUT2D eigenvalue weighted by molar-refractivity contribution is 0.568. The van der Waals surface area contributed by atoms with Crippen molar-refractivity contribution in [3.8, 4) is 0 Å². The standard InChI is InChI=1S/C46H34N4O/c1-2-12-29(13-3-1)36-17-10-22-43(47-36)49-39-20-8-5-16-34(39)45-40(49)26-25-33-31-14-4-7-19-38(31)50(46(33)45)44-23-11-18-37(48-44)30-24-27-42-35(28-30)32-15-6-9-21-41(32)51-42/h1-28,37,40,43,45,47-48H. The minimum Gasteiger partial charge on any atom is -0.456 e. The van der Waals surface area contributed by atoms with Crippen LogP contribution in [-0.2, 0) is 0 Å². The number of para-hydroxylation sites is 3. The summed E-state index contributed by atoms with van der Waals surface area (Å²) in [5.41, 5.74) is 11.8. The molecule has 4 aliphatic rings. The molecule has 0 saturated carbocycles. The Labute approximate surface area is 295 Å². The van der Waals surface area contributed by atoms with E-state index < -0.39 is 0 Å². The Morgan fingerprint density at radius 2 is 1.41 bits per heavy atom. The summed E-state index contributed by atoms with van der Waals surface area (Å²) in [4.78, 5) is 2.57. The van der Waals surface area contributed by atoms with Crippen molar-refractivity contribution in [2.45, 2.75) is 24.2 Å². The predicted molar refractivity (Wildman–Crippen MR) is 209 cm³/mol. The molecule has 11 rings (SSSR count). The molecule has 5 nitrogen and oxygen atoms in total. The highest BCUT2D eigenvalue weighted by Gasteiger charge is 2.45. The van der Waals surface area contributed by atoms with Gasteiger partial charge in [0.15, 0.2) is 0 Å². The van der Waals surface area contributed by atoms with Gasteiger partial charge in [-0.15, -0.1) is 0 Å². The summed E-state index contributed by atoms with van der Waals surface area (Å²) in [5, 5.41) is 11.4. The van der Waals surface area contributed by atoms with Gasteiger partial charge < -0.3 is 20.0 Å². The van der Waals surface area contributed by atoms with Crippen LogP contribution >= 0.6 is 0 Å². The number of aromatic nitrogens is 1. The van der Waals surface area contributed by atoms with Crippen LogP contribution < -0.4 is 15.5 Å². The zero-order valence-corrected chi connectivity index (χ0v) is 27.8. The predicted octanol–water partition coefficient (Wildman–Crippen LogP) is 10.1. The third kappa shape index (κ3) is 4.28. The normalized spacial score (nSPS) is 21.6. The molecule has 5 aromatic carbocycles. The van der Waals surface area contributed by atoms with E-state index >= 15 is 0 Å². The van der Waals surface area contributed by atoms with Crippen molar-refractivity contribution >= 4 is 56.1 Å². The second-order valence-corrected chi connectivity index (χ2v) is 13.8. The van der Waals surface area contributed by atoms with Crippen molar-refractivity contribution < 1.29 is 4.42 Å². The Hall–Kier alpha value is -6.46. The fourth-order valence-electron chi connectivity index (χ4n) is 8.82. The van der Waals surface area contributed by atoms with Gasteiger partial charge in [-0.05, 0) is 65.3 Å². The number of dihydropyridines is 2. The van der Waals surface area contributed by atoms with Gasteiger partial charge in [0, 0.05) is 38.8 Å². The van der Waals surface area contributed by atoms with Crippen LogP contribution in [0.2, 0.25) is 0 Å². The zero-order valence-electron chi connectivity index (χ0n) is 27.8. The lowest BCUT2D eigenvalue weighted by Gasteiger charge is -2.38. The summed E-state index contributed by atoms with van der Waals surface area (Å²) in [6.07, 6.45) is 18.1. The maximum Gasteiger partial charge on any atom is 0.135 e. The van der Waals surface area contributed by atoms with E-state index in [4.69, 9.17) is 4.42 Å². The van der Waals surface area contributed by atoms with Crippen LogP contribution in [-0.4, -0.2) is 16.8 Å². The van der Waals surface area contributed by atoms with Crippen molar-refractivity contribution in [2.75, 3.05) is 4.90 Å². The Bertz CT molecular complexity index is 2690. The number of anilines is 1. The molecule has 51 heavy (non-hydrogen) atoms. The second kappa shape index (κ2) is 11.0. The SMILES string of the molecule is C1=CC(c2ccc3oc4ccccc4c3c2)NC(n2c3c(c4ccccc42)C=CC2C3c3ccccc3N2C2C=CC=C(c3ccccc3)N2)=C1. The van der Waals surface area contributed by atoms with Crippen LogP contribution in [0.15, 0.2) is 168 Å². The minimum absolute atomic E-state index is 0.00126. The first-order valence-electron chi connectivity index (χ1n) is 17.8. The summed E-state index contributed by atoms with van der Waals surface area (Å²) in [7, 11) is 0. The molecule has 5 heteroatoms. The number of nitrogens with one attached hydrogen (secondary N) is 2. The number of rotatable bonds is 4. The average molecular weight is 659 g/mol. The second-order valence-electron chi connectivity index (χ2n) is 13.8. The van der Waals surface area contributed by atoms with E-state index in [1.54, 1.807) is 0 Å². The Morgan fingerprint density at radius 1 is 0.627 bits per heavy atom. The average Bonchev–Trinajstić information content (AvgIpc) is 3.86. The first-order chi connectivity index (χ1) is 25.3. The molecular formula is C46H34N4O. The highest BCUT2D eigenvalue weighted by Crippen LogP contribution is 2.52. The third-order valence-corrected chi connectivity index (χ3v) is 11.0. The summed E-state index contributed by atoms with van der Waals surface area (Å²) >= 11 is 0. The van der Waals surface area contributed by atoms with Crippen molar-refractivity contribution in [1.29, 1.82) is 0 Å². The van der Waals surface area contributed by atoms with Gasteiger partial charge in [0.2, 0.25) is 0 Å². The molecule has 4 atom stereocenters. The highest BCUT2D eigenvalue weighted by molar-refractivity contribution is 6.05. The molecule has 2 N–H and O–H groups in total. The lowest BCUT2D eigenvalue weighted by atomic mass is 9.84. The van der Waals surface area contributed by atoms with Gasteiger partial charge in [-0.1, -0.05) is 121 Å². The molecule has 5 heterocycles. The number of allylic oxidation sites excluding steroid dienone is 4. The molecule has 1 aliphatic carbocycles. The molecule has 2 aromatic heterocycles. The maximum absolute atomic E-state index is 6.16. The van der Waals surface area contributed by atoms with Gasteiger partial charge >= 0.3 is 0 Å². The summed E-state index contributed by atoms with van der Waals surface area (Å²) in [6, 6.07) is 43.4. The molecule has 0 fully saturated rings. The van der Waals surface area contributed by atoms with Gasteiger partial charge in [-0.3, -0.25) is 4.57 Å². The fraction of sp³-hybridized carbons (Fsp3) is 0.0870. The van der Waals surface area contributed by atoms with Crippen LogP contribution in [0, 0.1) is 0 Å². The van der Waals surface area contributed by atoms with E-state index in [1.807, 2.05) is 12.1 Å². The summed E-state index contributed by atoms with van der Waals surface area (Å²) in [5.74, 6) is 1.21. The van der Waals surface area contributed by atoms with Gasteiger partial charge in [-0.25, -0.2) is 0 Å². The van der Waals surface area contributed by atoms with Crippen LogP contribution in [0.25, 0.3) is 50.4 Å². The fourth-order valence-corrected chi connectivity index (χ4v) is 8.82. The van der Waals surface area contributed by atoms with Gasteiger partial charge in [-0.2, -0.15) is 0 Å². The summed E-state index contributed by atoms with van der Waals surface area (Å²) in [6.45, 7) is 0. The molecule has 0 saturated heterocycles. The topological polar surface area (TPSA) is 45.4 Å². The number of fused-ring (bicyclic) bond motifs is 10. The number of benzene rings is 5. The summed E-state index contributed by atoms with van der Waals surface area (Å²) < 4.78 is 8.65. The van der Waals surface area contributed by atoms with E-state index in [0.29, 0.717) is 0 Å². The Kier molecular flexibility index (Phi) is 6.14. The monoisotopic (exact) mass is 658 g/mol. The first-order valence-corrected chi connectivity index (χ1v) is 17.8. The van der Waals surface area contributed by atoms with Crippen LogP contribution in [0.5, 0.6) is 0 Å². The molecule has 7 aromatic rings. The van der Waals surface area contributed by atoms with Crippen molar-refractivity contribution in [2.24, 2.45) is 0 Å². The van der Waals surface area contributed by atoms with Crippen molar-refractivity contribution in [3.05, 3.63) is 192 Å². The highest BCUT2D eigenvalue weighted by atomic mass is 16.3. The van der Waals surface area contributed by atoms with E-state index in [9.17, 15) is 0 Å². The molecule has 0 spiro atoms. The molecule has 0 radical (unpaired) electrons. The number of furan rings is 1. The molecule has 0 amide bonds. The van der Waals surface area contributed by atoms with E-state index in [1.165, 1.54) is 44.5 Å². The third-order valence-electron chi connectivity index (χ3n) is 11.0. The minimum atomic E-state index is -0.00126. The van der Waals surface area contributed by atoms with E-state index in [2.05, 4.69) is 178 Å².